The molecule has 1 heterocycles. The Kier molecular flexibility index (Phi) is 3.53. The van der Waals surface area contributed by atoms with Crippen LogP contribution in [0.5, 0.6) is 5.75 Å². The molecule has 0 saturated heterocycles. The molecule has 100 valence electrons. The standard InChI is InChI=1S/C16H18O3/c17-16(18-11-12-6-2-1-3-7-12)15-10-13-8-4-5-9-14(13)19-15/h1-2,4-5,8-9,12,15H,3,6-7,10-11H2. The van der Waals surface area contributed by atoms with E-state index in [-0.39, 0.29) is 5.97 Å². The minimum absolute atomic E-state index is 0.231. The molecular formula is C16H18O3. The predicted octanol–water partition coefficient (Wildman–Crippen LogP) is 2.89. The number of carbonyl (C=O) groups is 1. The van der Waals surface area contributed by atoms with Crippen molar-refractivity contribution in [3.8, 4) is 5.75 Å². The zero-order chi connectivity index (χ0) is 13.1. The minimum atomic E-state index is -0.462. The summed E-state index contributed by atoms with van der Waals surface area (Å²) >= 11 is 0. The van der Waals surface area contributed by atoms with Crippen LogP contribution >= 0.6 is 0 Å². The maximum atomic E-state index is 12.0. The summed E-state index contributed by atoms with van der Waals surface area (Å²) in [5.74, 6) is 1.05. The van der Waals surface area contributed by atoms with Crippen LogP contribution < -0.4 is 4.74 Å². The summed E-state index contributed by atoms with van der Waals surface area (Å²) in [6.45, 7) is 0.513. The molecule has 0 aromatic heterocycles. The number of para-hydroxylation sites is 1. The van der Waals surface area contributed by atoms with Crippen LogP contribution in [0.25, 0.3) is 0 Å². The van der Waals surface area contributed by atoms with Gasteiger partial charge in [-0.15, -0.1) is 0 Å². The van der Waals surface area contributed by atoms with Crippen molar-refractivity contribution in [2.75, 3.05) is 6.61 Å². The molecule has 1 aromatic rings. The van der Waals surface area contributed by atoms with Gasteiger partial charge in [-0.2, -0.15) is 0 Å². The SMILES string of the molecule is O=C(OCC1CC=CCC1)C1Cc2ccccc2O1. The average Bonchev–Trinajstić information content (AvgIpc) is 2.90. The minimum Gasteiger partial charge on any atom is -0.478 e. The van der Waals surface area contributed by atoms with Gasteiger partial charge in [0.05, 0.1) is 6.61 Å². The molecule has 19 heavy (non-hydrogen) atoms. The number of ether oxygens (including phenoxy) is 2. The van der Waals surface area contributed by atoms with Crippen LogP contribution in [-0.2, 0) is 16.0 Å². The molecule has 2 atom stereocenters. The molecule has 0 fully saturated rings. The van der Waals surface area contributed by atoms with Crippen molar-refractivity contribution >= 4 is 5.97 Å². The van der Waals surface area contributed by atoms with Crippen LogP contribution in [0.4, 0.5) is 0 Å². The van der Waals surface area contributed by atoms with E-state index in [9.17, 15) is 4.79 Å². The Morgan fingerprint density at radius 1 is 1.32 bits per heavy atom. The zero-order valence-electron chi connectivity index (χ0n) is 10.9. The average molecular weight is 258 g/mol. The monoisotopic (exact) mass is 258 g/mol. The topological polar surface area (TPSA) is 35.5 Å². The van der Waals surface area contributed by atoms with Crippen LogP contribution in [0.1, 0.15) is 24.8 Å². The van der Waals surface area contributed by atoms with Gasteiger partial charge in [-0.25, -0.2) is 4.79 Å². The third-order valence-electron chi connectivity index (χ3n) is 3.75. The van der Waals surface area contributed by atoms with E-state index in [0.717, 1.165) is 30.6 Å². The smallest absolute Gasteiger partial charge is 0.347 e. The maximum absolute atomic E-state index is 12.0. The fourth-order valence-corrected chi connectivity index (χ4v) is 2.61. The van der Waals surface area contributed by atoms with E-state index in [0.29, 0.717) is 18.9 Å². The van der Waals surface area contributed by atoms with Gasteiger partial charge in [0.2, 0.25) is 0 Å². The summed E-state index contributed by atoms with van der Waals surface area (Å²) < 4.78 is 11.0. The van der Waals surface area contributed by atoms with Crippen LogP contribution in [0.3, 0.4) is 0 Å². The van der Waals surface area contributed by atoms with E-state index >= 15 is 0 Å². The molecule has 0 radical (unpaired) electrons. The normalized spacial score (nSPS) is 24.6. The first-order chi connectivity index (χ1) is 9.33. The van der Waals surface area contributed by atoms with Crippen molar-refractivity contribution in [3.05, 3.63) is 42.0 Å². The molecule has 0 amide bonds. The highest BCUT2D eigenvalue weighted by molar-refractivity contribution is 5.76. The molecule has 0 saturated carbocycles. The molecule has 2 aliphatic rings. The summed E-state index contributed by atoms with van der Waals surface area (Å²) in [6.07, 6.45) is 7.73. The molecule has 1 aromatic carbocycles. The summed E-state index contributed by atoms with van der Waals surface area (Å²) in [4.78, 5) is 12.0. The third kappa shape index (κ3) is 2.80. The second-order valence-electron chi connectivity index (χ2n) is 5.20. The molecule has 0 bridgehead atoms. The Morgan fingerprint density at radius 2 is 2.21 bits per heavy atom. The van der Waals surface area contributed by atoms with Crippen LogP contribution in [0.15, 0.2) is 36.4 Å². The highest BCUT2D eigenvalue weighted by Gasteiger charge is 2.30. The van der Waals surface area contributed by atoms with Crippen molar-refractivity contribution in [1.82, 2.24) is 0 Å². The zero-order valence-corrected chi connectivity index (χ0v) is 10.9. The largest absolute Gasteiger partial charge is 0.478 e. The second kappa shape index (κ2) is 5.47. The van der Waals surface area contributed by atoms with Gasteiger partial charge in [-0.05, 0) is 36.8 Å². The molecule has 3 heteroatoms. The number of allylic oxidation sites excluding steroid dienone is 2. The van der Waals surface area contributed by atoms with Gasteiger partial charge in [-0.1, -0.05) is 30.4 Å². The van der Waals surface area contributed by atoms with E-state index in [1.165, 1.54) is 0 Å². The fraction of sp³-hybridized carbons (Fsp3) is 0.438. The molecule has 1 aliphatic heterocycles. The number of esters is 1. The lowest BCUT2D eigenvalue weighted by Crippen LogP contribution is -2.29. The lowest BCUT2D eigenvalue weighted by Gasteiger charge is -2.18. The lowest BCUT2D eigenvalue weighted by molar-refractivity contribution is -0.152. The van der Waals surface area contributed by atoms with Gasteiger partial charge < -0.3 is 9.47 Å². The molecule has 0 N–H and O–H groups in total. The van der Waals surface area contributed by atoms with Crippen molar-refractivity contribution < 1.29 is 14.3 Å². The summed E-state index contributed by atoms with van der Waals surface area (Å²) in [5, 5.41) is 0. The van der Waals surface area contributed by atoms with E-state index in [4.69, 9.17) is 9.47 Å². The van der Waals surface area contributed by atoms with Crippen LogP contribution in [-0.4, -0.2) is 18.7 Å². The van der Waals surface area contributed by atoms with E-state index in [1.54, 1.807) is 0 Å². The third-order valence-corrected chi connectivity index (χ3v) is 3.75. The number of hydrogen-bond acceptors (Lipinski definition) is 3. The van der Waals surface area contributed by atoms with Gasteiger partial charge in [0.15, 0.2) is 6.10 Å². The Morgan fingerprint density at radius 3 is 3.00 bits per heavy atom. The first kappa shape index (κ1) is 12.3. The fourth-order valence-electron chi connectivity index (χ4n) is 2.61. The van der Waals surface area contributed by atoms with Crippen molar-refractivity contribution in [2.24, 2.45) is 5.92 Å². The van der Waals surface area contributed by atoms with Gasteiger partial charge >= 0.3 is 5.97 Å². The molecule has 0 spiro atoms. The molecule has 3 rings (SSSR count). The van der Waals surface area contributed by atoms with Crippen molar-refractivity contribution in [2.45, 2.75) is 31.8 Å². The van der Waals surface area contributed by atoms with E-state index < -0.39 is 6.10 Å². The summed E-state index contributed by atoms with van der Waals surface area (Å²) in [7, 11) is 0. The summed E-state index contributed by atoms with van der Waals surface area (Å²) in [5.41, 5.74) is 1.09. The first-order valence-corrected chi connectivity index (χ1v) is 6.89. The molecule has 1 aliphatic carbocycles. The quantitative estimate of drug-likeness (QED) is 0.617. The highest BCUT2D eigenvalue weighted by Crippen LogP contribution is 2.29. The number of rotatable bonds is 3. The lowest BCUT2D eigenvalue weighted by atomic mass is 9.95. The van der Waals surface area contributed by atoms with E-state index in [2.05, 4.69) is 12.2 Å². The van der Waals surface area contributed by atoms with Gasteiger partial charge in [-0.3, -0.25) is 0 Å². The predicted molar refractivity (Wildman–Crippen MR) is 72.0 cm³/mol. The molecule has 2 unspecified atom stereocenters. The highest BCUT2D eigenvalue weighted by atomic mass is 16.6. The maximum Gasteiger partial charge on any atom is 0.347 e. The summed E-state index contributed by atoms with van der Waals surface area (Å²) in [6, 6.07) is 7.77. The molecular weight excluding hydrogens is 240 g/mol. The molecule has 3 nitrogen and oxygen atoms in total. The van der Waals surface area contributed by atoms with Crippen molar-refractivity contribution in [1.29, 1.82) is 0 Å². The van der Waals surface area contributed by atoms with Crippen LogP contribution in [0.2, 0.25) is 0 Å². The Labute approximate surface area is 113 Å². The Hall–Kier alpha value is -1.77. The van der Waals surface area contributed by atoms with Gasteiger partial charge in [0.1, 0.15) is 5.75 Å². The Balaban J connectivity index is 1.51. The number of fused-ring (bicyclic) bond motifs is 1. The Bertz CT molecular complexity index is 468. The first-order valence-electron chi connectivity index (χ1n) is 6.89. The van der Waals surface area contributed by atoms with Gasteiger partial charge in [0.25, 0.3) is 0 Å². The van der Waals surface area contributed by atoms with Crippen LogP contribution in [0, 0.1) is 5.92 Å². The van der Waals surface area contributed by atoms with Crippen molar-refractivity contribution in [3.63, 3.8) is 0 Å². The van der Waals surface area contributed by atoms with E-state index in [1.807, 2.05) is 24.3 Å². The van der Waals surface area contributed by atoms with Gasteiger partial charge in [0, 0.05) is 6.42 Å². The number of carbonyl (C=O) groups excluding carboxylic acids is 1. The number of hydrogen-bond donors (Lipinski definition) is 0. The number of benzene rings is 1. The second-order valence-corrected chi connectivity index (χ2v) is 5.20.